The highest BCUT2D eigenvalue weighted by molar-refractivity contribution is 6.30. The van der Waals surface area contributed by atoms with E-state index in [0.717, 1.165) is 0 Å². The molecule has 1 aromatic heterocycles. The molecule has 0 aliphatic rings. The van der Waals surface area contributed by atoms with Crippen molar-refractivity contribution in [1.82, 2.24) is 9.99 Å². The van der Waals surface area contributed by atoms with Gasteiger partial charge in [-0.2, -0.15) is 0 Å². The van der Waals surface area contributed by atoms with E-state index in [1.165, 1.54) is 48.1 Å². The van der Waals surface area contributed by atoms with E-state index in [2.05, 4.69) is 10.9 Å². The number of hydrogen-bond donors (Lipinski definition) is 2. The summed E-state index contributed by atoms with van der Waals surface area (Å²) >= 11 is 5.72. The molecule has 0 spiro atoms. The van der Waals surface area contributed by atoms with Crippen LogP contribution in [-0.4, -0.2) is 10.5 Å². The lowest BCUT2D eigenvalue weighted by molar-refractivity contribution is 0.0962. The lowest BCUT2D eigenvalue weighted by atomic mass is 10.2. The van der Waals surface area contributed by atoms with Crippen LogP contribution in [0.5, 0.6) is 0 Å². The quantitative estimate of drug-likeness (QED) is 0.851. The molecule has 0 fully saturated rings. The van der Waals surface area contributed by atoms with E-state index in [1.54, 1.807) is 0 Å². The zero-order valence-corrected chi connectivity index (χ0v) is 11.2. The summed E-state index contributed by atoms with van der Waals surface area (Å²) < 4.78 is 13.9. The molecule has 0 bridgehead atoms. The Kier molecular flexibility index (Phi) is 4.05. The van der Waals surface area contributed by atoms with E-state index < -0.39 is 5.91 Å². The average molecular weight is 296 g/mol. The van der Waals surface area contributed by atoms with Gasteiger partial charge in [0.2, 0.25) is 0 Å². The highest BCUT2D eigenvalue weighted by Crippen LogP contribution is 2.08. The molecule has 0 atom stereocenters. The molecule has 2 aromatic rings. The van der Waals surface area contributed by atoms with Crippen molar-refractivity contribution >= 4 is 23.2 Å². The maximum atomic E-state index is 12.7. The van der Waals surface area contributed by atoms with Crippen molar-refractivity contribution in [2.75, 3.05) is 5.43 Å². The van der Waals surface area contributed by atoms with Crippen molar-refractivity contribution in [2.24, 2.45) is 7.05 Å². The van der Waals surface area contributed by atoms with Crippen LogP contribution in [0.3, 0.4) is 0 Å². The van der Waals surface area contributed by atoms with Gasteiger partial charge in [0.05, 0.1) is 11.3 Å². The van der Waals surface area contributed by atoms with E-state index >= 15 is 0 Å². The smallest absolute Gasteiger partial charge is 0.271 e. The molecule has 104 valence electrons. The van der Waals surface area contributed by atoms with Crippen LogP contribution in [0.25, 0.3) is 0 Å². The number of aryl methyl sites for hydroxylation is 1. The third-order valence-corrected chi connectivity index (χ3v) is 2.84. The lowest BCUT2D eigenvalue weighted by Crippen LogP contribution is -2.30. The number of pyridine rings is 1. The van der Waals surface area contributed by atoms with Gasteiger partial charge < -0.3 is 4.57 Å². The van der Waals surface area contributed by atoms with Gasteiger partial charge in [-0.05, 0) is 30.3 Å². The van der Waals surface area contributed by atoms with Crippen LogP contribution >= 0.6 is 11.6 Å². The van der Waals surface area contributed by atoms with Gasteiger partial charge in [0.25, 0.3) is 11.5 Å². The number of carbonyl (C=O) groups excluding carboxylic acids is 1. The molecule has 0 saturated heterocycles. The third kappa shape index (κ3) is 3.16. The van der Waals surface area contributed by atoms with Crippen LogP contribution in [0.15, 0.2) is 41.3 Å². The summed E-state index contributed by atoms with van der Waals surface area (Å²) in [5, 5.41) is -0.0399. The first-order valence-corrected chi connectivity index (χ1v) is 6.03. The highest BCUT2D eigenvalue weighted by Gasteiger charge is 2.09. The first kappa shape index (κ1) is 14.1. The van der Waals surface area contributed by atoms with Gasteiger partial charge in [-0.3, -0.25) is 20.4 Å². The van der Waals surface area contributed by atoms with Crippen molar-refractivity contribution in [3.05, 3.63) is 63.3 Å². The number of benzene rings is 1. The molecule has 1 aromatic carbocycles. The predicted molar refractivity (Wildman–Crippen MR) is 74.2 cm³/mol. The number of hydrogen-bond acceptors (Lipinski definition) is 3. The minimum Gasteiger partial charge on any atom is -0.317 e. The predicted octanol–water partition coefficient (Wildman–Crippen LogP) is 1.93. The van der Waals surface area contributed by atoms with Crippen LogP contribution < -0.4 is 16.4 Å². The van der Waals surface area contributed by atoms with Crippen molar-refractivity contribution in [2.45, 2.75) is 0 Å². The number of halogens is 2. The maximum Gasteiger partial charge on any atom is 0.271 e. The van der Waals surface area contributed by atoms with Gasteiger partial charge in [0.15, 0.2) is 0 Å². The first-order valence-electron chi connectivity index (χ1n) is 5.65. The Balaban J connectivity index is 2.09. The topological polar surface area (TPSA) is 63.1 Å². The van der Waals surface area contributed by atoms with Crippen molar-refractivity contribution in [1.29, 1.82) is 0 Å². The van der Waals surface area contributed by atoms with Gasteiger partial charge in [-0.15, -0.1) is 0 Å². The van der Waals surface area contributed by atoms with Crippen molar-refractivity contribution in [3.8, 4) is 0 Å². The first-order chi connectivity index (χ1) is 9.47. The monoisotopic (exact) mass is 295 g/mol. The fourth-order valence-corrected chi connectivity index (χ4v) is 1.78. The number of rotatable bonds is 3. The Morgan fingerprint density at radius 3 is 2.55 bits per heavy atom. The minimum absolute atomic E-state index is 0.0399. The Morgan fingerprint density at radius 2 is 1.95 bits per heavy atom. The second-order valence-electron chi connectivity index (χ2n) is 4.08. The second-order valence-corrected chi connectivity index (χ2v) is 4.49. The van der Waals surface area contributed by atoms with Crippen LogP contribution in [0, 0.1) is 5.82 Å². The summed E-state index contributed by atoms with van der Waals surface area (Å²) in [6, 6.07) is 6.76. The van der Waals surface area contributed by atoms with E-state index in [0.29, 0.717) is 5.69 Å². The highest BCUT2D eigenvalue weighted by atomic mass is 35.5. The Labute approximate surface area is 119 Å². The molecule has 0 aliphatic carbocycles. The van der Waals surface area contributed by atoms with Gasteiger partial charge in [-0.25, -0.2) is 4.39 Å². The standard InChI is InChI=1S/C13H11ClFN3O2/c1-18-7-8(6-11(14)13(18)20)12(19)17-16-10-4-2-9(15)3-5-10/h2-7,16H,1H3,(H,17,19). The molecule has 0 radical (unpaired) electrons. The number of amides is 1. The number of aromatic nitrogens is 1. The molecular formula is C13H11ClFN3O2. The lowest BCUT2D eigenvalue weighted by Gasteiger charge is -2.09. The minimum atomic E-state index is -0.466. The zero-order valence-electron chi connectivity index (χ0n) is 10.5. The second kappa shape index (κ2) is 5.75. The maximum absolute atomic E-state index is 12.7. The molecule has 1 heterocycles. The third-order valence-electron chi connectivity index (χ3n) is 2.57. The van der Waals surface area contributed by atoms with Gasteiger partial charge in [0.1, 0.15) is 10.8 Å². The number of carbonyl (C=O) groups is 1. The van der Waals surface area contributed by atoms with Crippen molar-refractivity contribution < 1.29 is 9.18 Å². The van der Waals surface area contributed by atoms with Gasteiger partial charge >= 0.3 is 0 Å². The largest absolute Gasteiger partial charge is 0.317 e. The number of nitrogens with zero attached hydrogens (tertiary/aromatic N) is 1. The molecule has 5 nitrogen and oxygen atoms in total. The molecule has 0 saturated carbocycles. The SMILES string of the molecule is Cn1cc(C(=O)NNc2ccc(F)cc2)cc(Cl)c1=O. The molecule has 1 amide bonds. The van der Waals surface area contributed by atoms with Gasteiger partial charge in [0, 0.05) is 13.2 Å². The Hall–Kier alpha value is -2.34. The molecule has 2 N–H and O–H groups in total. The summed E-state index contributed by atoms with van der Waals surface area (Å²) in [4.78, 5) is 23.3. The van der Waals surface area contributed by atoms with Crippen LogP contribution in [0.4, 0.5) is 10.1 Å². The normalized spacial score (nSPS) is 10.2. The Bertz CT molecular complexity index is 672. The van der Waals surface area contributed by atoms with Gasteiger partial charge in [-0.1, -0.05) is 11.6 Å². The van der Waals surface area contributed by atoms with E-state index in [9.17, 15) is 14.0 Å². The average Bonchev–Trinajstić information content (AvgIpc) is 2.43. The molecular weight excluding hydrogens is 285 g/mol. The van der Waals surface area contributed by atoms with Crippen LogP contribution in [0.2, 0.25) is 5.02 Å². The summed E-state index contributed by atoms with van der Waals surface area (Å²) in [5.41, 5.74) is 5.42. The zero-order chi connectivity index (χ0) is 14.7. The fraction of sp³-hybridized carbons (Fsp3) is 0.0769. The summed E-state index contributed by atoms with van der Waals surface area (Å²) in [7, 11) is 1.50. The summed E-state index contributed by atoms with van der Waals surface area (Å²) in [6.45, 7) is 0. The Morgan fingerprint density at radius 1 is 1.30 bits per heavy atom. The van der Waals surface area contributed by atoms with Crippen molar-refractivity contribution in [3.63, 3.8) is 0 Å². The van der Waals surface area contributed by atoms with E-state index in [1.807, 2.05) is 0 Å². The molecule has 7 heteroatoms. The molecule has 0 aliphatic heterocycles. The molecule has 20 heavy (non-hydrogen) atoms. The molecule has 0 unspecified atom stereocenters. The fourth-order valence-electron chi connectivity index (χ4n) is 1.53. The van der Waals surface area contributed by atoms with Crippen LogP contribution in [0.1, 0.15) is 10.4 Å². The number of hydrazine groups is 1. The summed E-state index contributed by atoms with van der Waals surface area (Å²) in [5.74, 6) is -0.835. The number of anilines is 1. The van der Waals surface area contributed by atoms with E-state index in [-0.39, 0.29) is 22.0 Å². The van der Waals surface area contributed by atoms with E-state index in [4.69, 9.17) is 11.6 Å². The molecule has 2 rings (SSSR count). The number of nitrogens with one attached hydrogen (secondary N) is 2. The summed E-state index contributed by atoms with van der Waals surface area (Å²) in [6.07, 6.45) is 1.37. The van der Waals surface area contributed by atoms with Crippen LogP contribution in [-0.2, 0) is 7.05 Å².